The van der Waals surface area contributed by atoms with Gasteiger partial charge >= 0.3 is 5.97 Å². The third-order valence-electron chi connectivity index (χ3n) is 4.85. The van der Waals surface area contributed by atoms with Gasteiger partial charge in [-0.3, -0.25) is 0 Å². The number of methoxy groups -OCH3 is 1. The lowest BCUT2D eigenvalue weighted by molar-refractivity contribution is 0.0732. The Morgan fingerprint density at radius 3 is 1.63 bits per heavy atom. The maximum atomic E-state index is 12.5. The van der Waals surface area contributed by atoms with Gasteiger partial charge in [-0.25, -0.2) is 4.79 Å². The first-order chi connectivity index (χ1) is 14.1. The lowest BCUT2D eigenvalue weighted by Crippen LogP contribution is -2.19. The van der Waals surface area contributed by atoms with Gasteiger partial charge in [0.2, 0.25) is 0 Å². The SMILES string of the molecule is COc1c(Br)cc(C(C)(C)c2cc(Br)c(OC(=O)c3ccccc3)c(Br)c2)cc1Br. The molecule has 0 radical (unpaired) electrons. The van der Waals surface area contributed by atoms with Crippen LogP contribution in [0.3, 0.4) is 0 Å². The summed E-state index contributed by atoms with van der Waals surface area (Å²) in [5, 5.41) is 0. The Morgan fingerprint density at radius 1 is 0.767 bits per heavy atom. The number of halogens is 4. The van der Waals surface area contributed by atoms with Gasteiger partial charge in [0, 0.05) is 5.41 Å². The molecule has 30 heavy (non-hydrogen) atoms. The van der Waals surface area contributed by atoms with E-state index in [4.69, 9.17) is 9.47 Å². The minimum absolute atomic E-state index is 0.329. The zero-order chi connectivity index (χ0) is 22.1. The minimum Gasteiger partial charge on any atom is -0.494 e. The number of hydrogen-bond donors (Lipinski definition) is 0. The number of carbonyl (C=O) groups excluding carboxylic acids is 1. The standard InChI is InChI=1S/C23H18Br4O3/c1-23(2,14-9-16(24)20(29-3)17(25)10-14)15-11-18(26)21(19(27)12-15)30-22(28)13-7-5-4-6-8-13/h4-12H,1-3H3. The molecule has 0 saturated carbocycles. The molecule has 7 heteroatoms. The highest BCUT2D eigenvalue weighted by molar-refractivity contribution is 9.11. The molecule has 3 aromatic rings. The molecular weight excluding hydrogens is 644 g/mol. The predicted molar refractivity (Wildman–Crippen MR) is 134 cm³/mol. The lowest BCUT2D eigenvalue weighted by Gasteiger charge is -2.28. The normalized spacial score (nSPS) is 11.3. The van der Waals surface area contributed by atoms with Crippen LogP contribution in [-0.2, 0) is 5.41 Å². The van der Waals surface area contributed by atoms with Gasteiger partial charge in [-0.1, -0.05) is 32.0 Å². The maximum Gasteiger partial charge on any atom is 0.343 e. The first-order valence-electron chi connectivity index (χ1n) is 8.95. The summed E-state index contributed by atoms with van der Waals surface area (Å²) in [7, 11) is 1.64. The fourth-order valence-electron chi connectivity index (χ4n) is 3.03. The third kappa shape index (κ3) is 4.85. The van der Waals surface area contributed by atoms with Gasteiger partial charge < -0.3 is 9.47 Å². The average molecular weight is 662 g/mol. The molecule has 0 unspecified atom stereocenters. The molecule has 0 aliphatic rings. The van der Waals surface area contributed by atoms with E-state index in [1.165, 1.54) is 0 Å². The van der Waals surface area contributed by atoms with E-state index in [-0.39, 0.29) is 5.41 Å². The van der Waals surface area contributed by atoms with Crippen LogP contribution in [0.15, 0.2) is 72.5 Å². The quantitative estimate of drug-likeness (QED) is 0.204. The zero-order valence-corrected chi connectivity index (χ0v) is 22.8. The van der Waals surface area contributed by atoms with Crippen molar-refractivity contribution >= 4 is 69.7 Å². The molecule has 0 N–H and O–H groups in total. The first-order valence-corrected chi connectivity index (χ1v) is 12.1. The molecule has 0 atom stereocenters. The summed E-state index contributed by atoms with van der Waals surface area (Å²) < 4.78 is 14.2. The fraction of sp³-hybridized carbons (Fsp3) is 0.174. The number of ether oxygens (including phenoxy) is 2. The van der Waals surface area contributed by atoms with Crippen LogP contribution in [0.2, 0.25) is 0 Å². The summed E-state index contributed by atoms with van der Waals surface area (Å²) in [4.78, 5) is 12.5. The molecule has 0 aliphatic carbocycles. The van der Waals surface area contributed by atoms with E-state index >= 15 is 0 Å². The van der Waals surface area contributed by atoms with Crippen LogP contribution in [0, 0.1) is 0 Å². The van der Waals surface area contributed by atoms with Gasteiger partial charge in [-0.2, -0.15) is 0 Å². The molecule has 0 bridgehead atoms. The Balaban J connectivity index is 1.97. The van der Waals surface area contributed by atoms with Gasteiger partial charge in [0.15, 0.2) is 5.75 Å². The fourth-order valence-corrected chi connectivity index (χ4v) is 5.89. The topological polar surface area (TPSA) is 35.5 Å². The Kier molecular flexibility index (Phi) is 7.49. The number of benzene rings is 3. The summed E-state index contributed by atoms with van der Waals surface area (Å²) in [6.45, 7) is 4.27. The Bertz CT molecular complexity index is 1050. The number of carbonyl (C=O) groups is 1. The summed E-state index contributed by atoms with van der Waals surface area (Å²) in [5.41, 5.74) is 2.30. The lowest BCUT2D eigenvalue weighted by atomic mass is 9.78. The van der Waals surface area contributed by atoms with Crippen molar-refractivity contribution in [2.75, 3.05) is 7.11 Å². The van der Waals surface area contributed by atoms with Crippen LogP contribution >= 0.6 is 63.7 Å². The first kappa shape index (κ1) is 23.5. The summed E-state index contributed by atoms with van der Waals surface area (Å²) in [6, 6.07) is 17.0. The zero-order valence-electron chi connectivity index (χ0n) is 16.4. The highest BCUT2D eigenvalue weighted by Gasteiger charge is 2.27. The number of hydrogen-bond acceptors (Lipinski definition) is 3. The van der Waals surface area contributed by atoms with E-state index in [1.807, 2.05) is 18.2 Å². The van der Waals surface area contributed by atoms with Crippen molar-refractivity contribution in [2.45, 2.75) is 19.3 Å². The summed E-state index contributed by atoms with van der Waals surface area (Å²) >= 11 is 14.3. The Labute approximate surface area is 209 Å². The van der Waals surface area contributed by atoms with Crippen molar-refractivity contribution in [3.8, 4) is 11.5 Å². The molecule has 156 valence electrons. The van der Waals surface area contributed by atoms with Crippen LogP contribution in [0.1, 0.15) is 35.3 Å². The molecule has 0 aliphatic heterocycles. The minimum atomic E-state index is -0.410. The van der Waals surface area contributed by atoms with Gasteiger partial charge in [-0.15, -0.1) is 0 Å². The molecule has 3 aromatic carbocycles. The third-order valence-corrected chi connectivity index (χ3v) is 7.20. The van der Waals surface area contributed by atoms with E-state index in [0.29, 0.717) is 20.3 Å². The van der Waals surface area contributed by atoms with Crippen LogP contribution in [0.25, 0.3) is 0 Å². The summed E-state index contributed by atoms with van der Waals surface area (Å²) in [6.07, 6.45) is 0. The van der Waals surface area contributed by atoms with E-state index < -0.39 is 5.97 Å². The summed E-state index contributed by atoms with van der Waals surface area (Å²) in [5.74, 6) is 0.785. The van der Waals surface area contributed by atoms with Crippen LogP contribution in [0.5, 0.6) is 11.5 Å². The highest BCUT2D eigenvalue weighted by Crippen LogP contribution is 2.44. The molecule has 0 fully saturated rings. The van der Waals surface area contributed by atoms with Crippen molar-refractivity contribution < 1.29 is 14.3 Å². The maximum absolute atomic E-state index is 12.5. The van der Waals surface area contributed by atoms with Crippen molar-refractivity contribution in [1.82, 2.24) is 0 Å². The molecule has 0 amide bonds. The van der Waals surface area contributed by atoms with Crippen LogP contribution < -0.4 is 9.47 Å². The van der Waals surface area contributed by atoms with Gasteiger partial charge in [0.1, 0.15) is 5.75 Å². The second-order valence-electron chi connectivity index (χ2n) is 7.12. The number of esters is 1. The second kappa shape index (κ2) is 9.55. The number of rotatable bonds is 5. The van der Waals surface area contributed by atoms with E-state index in [2.05, 4.69) is 89.7 Å². The Hall–Kier alpha value is -1.15. The van der Waals surface area contributed by atoms with Crippen molar-refractivity contribution in [3.63, 3.8) is 0 Å². The second-order valence-corrected chi connectivity index (χ2v) is 10.5. The van der Waals surface area contributed by atoms with Gasteiger partial charge in [0.05, 0.1) is 30.6 Å². The predicted octanol–water partition coefficient (Wildman–Crippen LogP) is 8.29. The molecule has 0 spiro atoms. The smallest absolute Gasteiger partial charge is 0.343 e. The van der Waals surface area contributed by atoms with Gasteiger partial charge in [-0.05, 0) is 111 Å². The largest absolute Gasteiger partial charge is 0.494 e. The molecule has 0 aromatic heterocycles. The van der Waals surface area contributed by atoms with E-state index in [9.17, 15) is 4.79 Å². The van der Waals surface area contributed by atoms with E-state index in [0.717, 1.165) is 25.8 Å². The molecule has 3 nitrogen and oxygen atoms in total. The molecule has 3 rings (SSSR count). The molecular formula is C23H18Br4O3. The molecule has 0 heterocycles. The van der Waals surface area contributed by atoms with Crippen LogP contribution in [0.4, 0.5) is 0 Å². The highest BCUT2D eigenvalue weighted by atomic mass is 79.9. The van der Waals surface area contributed by atoms with Crippen molar-refractivity contribution in [1.29, 1.82) is 0 Å². The average Bonchev–Trinajstić information content (AvgIpc) is 2.70. The Morgan fingerprint density at radius 2 is 1.20 bits per heavy atom. The molecule has 0 saturated heterocycles. The van der Waals surface area contributed by atoms with E-state index in [1.54, 1.807) is 31.4 Å². The van der Waals surface area contributed by atoms with Crippen LogP contribution in [-0.4, -0.2) is 13.1 Å². The van der Waals surface area contributed by atoms with Gasteiger partial charge in [0.25, 0.3) is 0 Å². The van der Waals surface area contributed by atoms with Crippen molar-refractivity contribution in [3.05, 3.63) is 89.2 Å². The monoisotopic (exact) mass is 658 g/mol. The van der Waals surface area contributed by atoms with Crippen molar-refractivity contribution in [2.24, 2.45) is 0 Å².